The number of likely N-dealkylation sites (tertiary alicyclic amines) is 1. The third-order valence-electron chi connectivity index (χ3n) is 3.28. The van der Waals surface area contributed by atoms with Crippen LogP contribution in [-0.4, -0.2) is 44.4 Å². The van der Waals surface area contributed by atoms with Crippen molar-refractivity contribution in [1.82, 2.24) is 9.62 Å². The van der Waals surface area contributed by atoms with Crippen LogP contribution in [0, 0.1) is 0 Å². The highest BCUT2D eigenvalue weighted by molar-refractivity contribution is 7.91. The number of thiophene rings is 1. The Morgan fingerprint density at radius 1 is 1.48 bits per heavy atom. The topological polar surface area (TPSA) is 92.5 Å². The summed E-state index contributed by atoms with van der Waals surface area (Å²) < 4.78 is 27.2. The molecule has 120 valence electrons. The van der Waals surface area contributed by atoms with Gasteiger partial charge in [-0.15, -0.1) is 23.7 Å². The van der Waals surface area contributed by atoms with E-state index >= 15 is 0 Å². The summed E-state index contributed by atoms with van der Waals surface area (Å²) in [5.41, 5.74) is 5.57. The van der Waals surface area contributed by atoms with Crippen LogP contribution in [0.5, 0.6) is 0 Å². The van der Waals surface area contributed by atoms with Crippen molar-refractivity contribution < 1.29 is 13.2 Å². The molecule has 0 bridgehead atoms. The molecule has 1 saturated heterocycles. The number of nitrogens with zero attached hydrogens (tertiary/aromatic N) is 1. The summed E-state index contributed by atoms with van der Waals surface area (Å²) in [5.74, 6) is -0.0791. The standard InChI is InChI=1S/C12H19N3O3S2.ClH/c1-9(13)12(16)15-6-4-10(5-7-15)14-20(17,18)11-3-2-8-19-11;/h2-3,8-10,14H,4-7,13H2,1H3;1H/t9-;/m1./s1. The maximum Gasteiger partial charge on any atom is 0.250 e. The van der Waals surface area contributed by atoms with E-state index in [-0.39, 0.29) is 24.4 Å². The number of hydrogen-bond donors (Lipinski definition) is 2. The van der Waals surface area contributed by atoms with E-state index < -0.39 is 16.1 Å². The third-order valence-corrected chi connectivity index (χ3v) is 6.20. The lowest BCUT2D eigenvalue weighted by atomic mass is 10.1. The average Bonchev–Trinajstić information content (AvgIpc) is 2.93. The lowest BCUT2D eigenvalue weighted by Gasteiger charge is -2.33. The number of nitrogens with one attached hydrogen (secondary N) is 1. The molecule has 1 aliphatic heterocycles. The number of piperidine rings is 1. The Labute approximate surface area is 135 Å². The summed E-state index contributed by atoms with van der Waals surface area (Å²) in [7, 11) is -3.43. The van der Waals surface area contributed by atoms with Crippen LogP contribution in [0.4, 0.5) is 0 Å². The highest BCUT2D eigenvalue weighted by atomic mass is 35.5. The molecule has 0 aliphatic carbocycles. The van der Waals surface area contributed by atoms with E-state index in [1.165, 1.54) is 11.3 Å². The largest absolute Gasteiger partial charge is 0.341 e. The zero-order chi connectivity index (χ0) is 14.8. The second-order valence-corrected chi connectivity index (χ2v) is 7.83. The van der Waals surface area contributed by atoms with Crippen molar-refractivity contribution in [2.24, 2.45) is 5.73 Å². The first kappa shape index (κ1) is 18.4. The van der Waals surface area contributed by atoms with Gasteiger partial charge in [-0.2, -0.15) is 0 Å². The fourth-order valence-electron chi connectivity index (χ4n) is 2.20. The van der Waals surface area contributed by atoms with Gasteiger partial charge in [-0.05, 0) is 31.2 Å². The second-order valence-electron chi connectivity index (χ2n) is 4.94. The lowest BCUT2D eigenvalue weighted by Crippen LogP contribution is -2.50. The number of halogens is 1. The fraction of sp³-hybridized carbons (Fsp3) is 0.583. The highest BCUT2D eigenvalue weighted by Gasteiger charge is 2.27. The Morgan fingerprint density at radius 2 is 2.10 bits per heavy atom. The van der Waals surface area contributed by atoms with E-state index in [0.717, 1.165) is 0 Å². The molecule has 1 fully saturated rings. The van der Waals surface area contributed by atoms with Crippen LogP contribution in [0.1, 0.15) is 19.8 Å². The molecule has 9 heteroatoms. The lowest BCUT2D eigenvalue weighted by molar-refractivity contribution is -0.133. The molecule has 0 radical (unpaired) electrons. The molecule has 21 heavy (non-hydrogen) atoms. The molecule has 1 aromatic heterocycles. The predicted molar refractivity (Wildman–Crippen MR) is 85.1 cm³/mol. The van der Waals surface area contributed by atoms with Crippen molar-refractivity contribution in [2.45, 2.75) is 36.1 Å². The zero-order valence-corrected chi connectivity index (χ0v) is 14.1. The summed E-state index contributed by atoms with van der Waals surface area (Å²) in [4.78, 5) is 13.4. The van der Waals surface area contributed by atoms with Gasteiger partial charge in [0.05, 0.1) is 6.04 Å². The van der Waals surface area contributed by atoms with Crippen LogP contribution in [0.3, 0.4) is 0 Å². The fourth-order valence-corrected chi connectivity index (χ4v) is 4.51. The number of carbonyl (C=O) groups is 1. The summed E-state index contributed by atoms with van der Waals surface area (Å²) in [6.07, 6.45) is 1.23. The van der Waals surface area contributed by atoms with Crippen molar-refractivity contribution >= 4 is 39.7 Å². The highest BCUT2D eigenvalue weighted by Crippen LogP contribution is 2.18. The van der Waals surface area contributed by atoms with E-state index in [1.54, 1.807) is 29.3 Å². The monoisotopic (exact) mass is 353 g/mol. The molecular formula is C12H20ClN3O3S2. The van der Waals surface area contributed by atoms with E-state index in [2.05, 4.69) is 4.72 Å². The van der Waals surface area contributed by atoms with E-state index in [9.17, 15) is 13.2 Å². The van der Waals surface area contributed by atoms with Gasteiger partial charge < -0.3 is 10.6 Å². The number of carbonyl (C=O) groups excluding carboxylic acids is 1. The molecule has 0 aromatic carbocycles. The molecule has 0 unspecified atom stereocenters. The third kappa shape index (κ3) is 4.65. The molecule has 1 amide bonds. The van der Waals surface area contributed by atoms with Crippen LogP contribution in [0.25, 0.3) is 0 Å². The minimum Gasteiger partial charge on any atom is -0.341 e. The number of sulfonamides is 1. The second kappa shape index (κ2) is 7.55. The molecule has 3 N–H and O–H groups in total. The van der Waals surface area contributed by atoms with Gasteiger partial charge in [-0.3, -0.25) is 4.79 Å². The molecule has 6 nitrogen and oxygen atoms in total. The van der Waals surface area contributed by atoms with Crippen LogP contribution in [-0.2, 0) is 14.8 Å². The van der Waals surface area contributed by atoms with Gasteiger partial charge in [0.15, 0.2) is 0 Å². The van der Waals surface area contributed by atoms with E-state index in [4.69, 9.17) is 5.73 Å². The Hall–Kier alpha value is -0.670. The van der Waals surface area contributed by atoms with Crippen molar-refractivity contribution in [3.05, 3.63) is 17.5 Å². The number of rotatable bonds is 4. The minimum absolute atomic E-state index is 0. The van der Waals surface area contributed by atoms with E-state index in [0.29, 0.717) is 30.1 Å². The molecule has 0 spiro atoms. The first-order valence-corrected chi connectivity index (χ1v) is 8.86. The van der Waals surface area contributed by atoms with Crippen LogP contribution in [0.15, 0.2) is 21.7 Å². The van der Waals surface area contributed by atoms with Gasteiger partial charge in [-0.1, -0.05) is 6.07 Å². The van der Waals surface area contributed by atoms with Gasteiger partial charge in [-0.25, -0.2) is 13.1 Å². The normalized spacial score (nSPS) is 18.1. The summed E-state index contributed by atoms with van der Waals surface area (Å²) >= 11 is 1.20. The number of hydrogen-bond acceptors (Lipinski definition) is 5. The van der Waals surface area contributed by atoms with Crippen molar-refractivity contribution in [1.29, 1.82) is 0 Å². The molecular weight excluding hydrogens is 334 g/mol. The van der Waals surface area contributed by atoms with Crippen molar-refractivity contribution in [3.63, 3.8) is 0 Å². The van der Waals surface area contributed by atoms with Gasteiger partial charge in [0.2, 0.25) is 15.9 Å². The van der Waals surface area contributed by atoms with Crippen LogP contribution >= 0.6 is 23.7 Å². The molecule has 0 saturated carbocycles. The van der Waals surface area contributed by atoms with Gasteiger partial charge >= 0.3 is 0 Å². The molecule has 2 rings (SSSR count). The summed E-state index contributed by atoms with van der Waals surface area (Å²) in [6, 6.07) is 2.67. The Balaban J connectivity index is 0.00000220. The minimum atomic E-state index is -3.43. The molecule has 1 aliphatic rings. The Morgan fingerprint density at radius 3 is 2.57 bits per heavy atom. The van der Waals surface area contributed by atoms with E-state index in [1.807, 2.05) is 0 Å². The quantitative estimate of drug-likeness (QED) is 0.836. The zero-order valence-electron chi connectivity index (χ0n) is 11.7. The van der Waals surface area contributed by atoms with Gasteiger partial charge in [0.25, 0.3) is 0 Å². The molecule has 2 heterocycles. The first-order chi connectivity index (χ1) is 9.40. The summed E-state index contributed by atoms with van der Waals surface area (Å²) in [6.45, 7) is 2.74. The number of nitrogens with two attached hydrogens (primary N) is 1. The van der Waals surface area contributed by atoms with Crippen LogP contribution in [0.2, 0.25) is 0 Å². The SMILES string of the molecule is C[C@@H](N)C(=O)N1CCC(NS(=O)(=O)c2cccs2)CC1.Cl. The van der Waals surface area contributed by atoms with Crippen LogP contribution < -0.4 is 10.5 Å². The van der Waals surface area contributed by atoms with Gasteiger partial charge in [0.1, 0.15) is 4.21 Å². The Kier molecular flexibility index (Phi) is 6.61. The maximum atomic E-state index is 12.1. The maximum absolute atomic E-state index is 12.1. The van der Waals surface area contributed by atoms with Crippen molar-refractivity contribution in [2.75, 3.05) is 13.1 Å². The smallest absolute Gasteiger partial charge is 0.250 e. The number of amides is 1. The average molecular weight is 354 g/mol. The molecule has 1 aromatic rings. The first-order valence-electron chi connectivity index (χ1n) is 6.50. The summed E-state index contributed by atoms with van der Waals surface area (Å²) in [5, 5.41) is 1.73. The van der Waals surface area contributed by atoms with Gasteiger partial charge in [0, 0.05) is 19.1 Å². The van der Waals surface area contributed by atoms with Crippen molar-refractivity contribution in [3.8, 4) is 0 Å². The predicted octanol–water partition coefficient (Wildman–Crippen LogP) is 0.786. The Bertz CT molecular complexity index is 552. The molecule has 1 atom stereocenters.